The van der Waals surface area contributed by atoms with E-state index in [4.69, 9.17) is 5.11 Å². The van der Waals surface area contributed by atoms with E-state index >= 15 is 0 Å². The summed E-state index contributed by atoms with van der Waals surface area (Å²) in [6, 6.07) is 5.84. The Balaban J connectivity index is 1.38. The summed E-state index contributed by atoms with van der Waals surface area (Å²) in [5.74, 6) is -1.76. The third-order valence-electron chi connectivity index (χ3n) is 8.60. The van der Waals surface area contributed by atoms with E-state index < -0.39 is 35.5 Å². The van der Waals surface area contributed by atoms with Crippen LogP contribution >= 0.6 is 11.3 Å². The number of nitrogens with one attached hydrogen (secondary N) is 2. The van der Waals surface area contributed by atoms with Crippen LogP contribution in [0.3, 0.4) is 0 Å². The van der Waals surface area contributed by atoms with Gasteiger partial charge in [0.1, 0.15) is 12.1 Å². The van der Waals surface area contributed by atoms with Crippen LogP contribution < -0.4 is 10.6 Å². The Morgan fingerprint density at radius 3 is 2.32 bits per heavy atom. The van der Waals surface area contributed by atoms with Gasteiger partial charge in [0, 0.05) is 19.4 Å². The van der Waals surface area contributed by atoms with Crippen LogP contribution in [0.2, 0.25) is 0 Å². The van der Waals surface area contributed by atoms with Gasteiger partial charge < -0.3 is 25.7 Å². The first-order valence-electron chi connectivity index (χ1n) is 15.3. The fourth-order valence-electron chi connectivity index (χ4n) is 6.02. The number of hydrogen-bond donors (Lipinski definition) is 4. The molecule has 1 aromatic heterocycles. The number of thiazole rings is 1. The van der Waals surface area contributed by atoms with Crippen molar-refractivity contribution in [3.63, 3.8) is 0 Å². The van der Waals surface area contributed by atoms with Crippen molar-refractivity contribution in [3.8, 4) is 10.4 Å². The Labute approximate surface area is 263 Å². The highest BCUT2D eigenvalue weighted by molar-refractivity contribution is 7.13. The monoisotopic (exact) mass is 627 g/mol. The van der Waals surface area contributed by atoms with Gasteiger partial charge in [-0.05, 0) is 62.2 Å². The normalized spacial score (nSPS) is 21.1. The topological polar surface area (TPSA) is 152 Å². The Kier molecular flexibility index (Phi) is 10.8. The van der Waals surface area contributed by atoms with E-state index in [1.165, 1.54) is 4.90 Å². The molecule has 12 heteroatoms. The van der Waals surface area contributed by atoms with Gasteiger partial charge in [-0.2, -0.15) is 0 Å². The Morgan fingerprint density at radius 2 is 1.75 bits per heavy atom. The number of β-amino-alcohol motifs (C(OH)–C–C–N with tert-alkyl or cyclic N) is 1. The lowest BCUT2D eigenvalue weighted by Crippen LogP contribution is -2.59. The van der Waals surface area contributed by atoms with E-state index in [0.29, 0.717) is 25.9 Å². The van der Waals surface area contributed by atoms with Crippen molar-refractivity contribution >= 4 is 35.0 Å². The highest BCUT2D eigenvalue weighted by Crippen LogP contribution is 2.30. The SMILES string of the molecule is Cc1ncsc1-c1ccc([C@H](C)NC(=O)[C@@H]2C[C@@H](O)CN2C(=O)[C@@H](NC(=O)CN2CCC(CC(=O)O)CC2)C(C)(C)C)cc1. The number of aliphatic hydroxyl groups is 1. The molecule has 0 radical (unpaired) electrons. The number of carboxylic acid groups (broad SMARTS) is 1. The molecular weight excluding hydrogens is 582 g/mol. The largest absolute Gasteiger partial charge is 0.481 e. The van der Waals surface area contributed by atoms with E-state index in [9.17, 15) is 24.3 Å². The molecule has 240 valence electrons. The highest BCUT2D eigenvalue weighted by atomic mass is 32.1. The maximum Gasteiger partial charge on any atom is 0.303 e. The van der Waals surface area contributed by atoms with Gasteiger partial charge in [0.05, 0.1) is 34.8 Å². The van der Waals surface area contributed by atoms with Gasteiger partial charge in [0.25, 0.3) is 0 Å². The van der Waals surface area contributed by atoms with Crippen molar-refractivity contribution in [2.24, 2.45) is 11.3 Å². The second-order valence-electron chi connectivity index (χ2n) is 13.2. The lowest BCUT2D eigenvalue weighted by atomic mass is 9.85. The molecule has 2 aliphatic rings. The molecule has 4 atom stereocenters. The predicted octanol–water partition coefficient (Wildman–Crippen LogP) is 2.98. The molecule has 3 amide bonds. The first-order chi connectivity index (χ1) is 20.7. The molecular formula is C32H45N5O6S. The number of carbonyl (C=O) groups is 4. The van der Waals surface area contributed by atoms with E-state index in [1.54, 1.807) is 11.3 Å². The number of aromatic nitrogens is 1. The average Bonchev–Trinajstić information content (AvgIpc) is 3.57. The number of likely N-dealkylation sites (tertiary alicyclic amines) is 2. The van der Waals surface area contributed by atoms with Gasteiger partial charge in [0.2, 0.25) is 17.7 Å². The van der Waals surface area contributed by atoms with E-state index in [-0.39, 0.29) is 49.7 Å². The van der Waals surface area contributed by atoms with Crippen LogP contribution in [0, 0.1) is 18.3 Å². The van der Waals surface area contributed by atoms with E-state index in [2.05, 4.69) is 15.6 Å². The molecule has 4 rings (SSSR count). The first-order valence-corrected chi connectivity index (χ1v) is 16.1. The number of aliphatic hydroxyl groups excluding tert-OH is 1. The number of aryl methyl sites for hydroxylation is 1. The van der Waals surface area contributed by atoms with Crippen molar-refractivity contribution < 1.29 is 29.4 Å². The van der Waals surface area contributed by atoms with Gasteiger partial charge in [-0.25, -0.2) is 4.98 Å². The van der Waals surface area contributed by atoms with Gasteiger partial charge in [-0.1, -0.05) is 45.0 Å². The van der Waals surface area contributed by atoms with Crippen LogP contribution in [0.4, 0.5) is 0 Å². The molecule has 0 spiro atoms. The third kappa shape index (κ3) is 8.42. The molecule has 0 bridgehead atoms. The standard InChI is InChI=1S/C32H45N5O6S/c1-19(22-6-8-23(9-7-22)28-20(2)33-18-44-28)34-30(42)25-15-24(38)16-37(25)31(43)29(32(3,4)5)35-26(39)17-36-12-10-21(11-13-36)14-27(40)41/h6-9,18-19,21,24-25,29,38H,10-17H2,1-5H3,(H,34,42)(H,35,39)(H,40,41)/t19-,24+,25-,29+/m0/s1. The number of rotatable bonds is 10. The first kappa shape index (κ1) is 33.5. The Hall–Kier alpha value is -3.35. The Morgan fingerprint density at radius 1 is 1.09 bits per heavy atom. The molecule has 0 aliphatic carbocycles. The number of hydrogen-bond acceptors (Lipinski definition) is 8. The zero-order valence-corrected chi connectivity index (χ0v) is 27.0. The third-order valence-corrected chi connectivity index (χ3v) is 9.58. The second-order valence-corrected chi connectivity index (χ2v) is 14.1. The lowest BCUT2D eigenvalue weighted by Gasteiger charge is -2.36. The number of piperidine rings is 1. The van der Waals surface area contributed by atoms with Gasteiger partial charge in [0.15, 0.2) is 0 Å². The summed E-state index contributed by atoms with van der Waals surface area (Å²) in [7, 11) is 0. The van der Waals surface area contributed by atoms with E-state index in [1.807, 2.05) is 69.3 Å². The molecule has 2 aliphatic heterocycles. The van der Waals surface area contributed by atoms with Crippen LogP contribution in [0.25, 0.3) is 10.4 Å². The van der Waals surface area contributed by atoms with Gasteiger partial charge in [-0.3, -0.25) is 24.1 Å². The van der Waals surface area contributed by atoms with Crippen LogP contribution in [0.5, 0.6) is 0 Å². The fraction of sp³-hybridized carbons (Fsp3) is 0.594. The molecule has 0 unspecified atom stereocenters. The molecule has 1 aromatic carbocycles. The lowest BCUT2D eigenvalue weighted by molar-refractivity contribution is -0.144. The van der Waals surface area contributed by atoms with Crippen molar-refractivity contribution in [1.29, 1.82) is 0 Å². The van der Waals surface area contributed by atoms with Crippen LogP contribution in [0.1, 0.15) is 70.7 Å². The molecule has 44 heavy (non-hydrogen) atoms. The van der Waals surface area contributed by atoms with E-state index in [0.717, 1.165) is 21.7 Å². The number of amides is 3. The maximum atomic E-state index is 13.9. The molecule has 2 saturated heterocycles. The number of nitrogens with zero attached hydrogens (tertiary/aromatic N) is 3. The zero-order chi connectivity index (χ0) is 32.2. The predicted molar refractivity (Wildman–Crippen MR) is 168 cm³/mol. The van der Waals surface area contributed by atoms with Crippen molar-refractivity contribution in [3.05, 3.63) is 41.0 Å². The highest BCUT2D eigenvalue weighted by Gasteiger charge is 2.44. The minimum atomic E-state index is -0.902. The number of benzene rings is 1. The number of aliphatic carboxylic acids is 1. The zero-order valence-electron chi connectivity index (χ0n) is 26.2. The molecule has 0 saturated carbocycles. The summed E-state index contributed by atoms with van der Waals surface area (Å²) in [5, 5.41) is 25.5. The summed E-state index contributed by atoms with van der Waals surface area (Å²) < 4.78 is 0. The summed E-state index contributed by atoms with van der Waals surface area (Å²) in [4.78, 5) is 60.3. The molecule has 4 N–H and O–H groups in total. The van der Waals surface area contributed by atoms with Gasteiger partial charge >= 0.3 is 5.97 Å². The molecule has 3 heterocycles. The van der Waals surface area contributed by atoms with Crippen LogP contribution in [-0.4, -0.2) is 93.1 Å². The van der Waals surface area contributed by atoms with Crippen molar-refractivity contribution in [2.75, 3.05) is 26.2 Å². The quantitative estimate of drug-likeness (QED) is 0.314. The average molecular weight is 628 g/mol. The van der Waals surface area contributed by atoms with Crippen LogP contribution in [-0.2, 0) is 19.2 Å². The molecule has 2 fully saturated rings. The molecule has 11 nitrogen and oxygen atoms in total. The number of carboxylic acids is 1. The summed E-state index contributed by atoms with van der Waals surface area (Å²) in [6.45, 7) is 10.8. The summed E-state index contributed by atoms with van der Waals surface area (Å²) in [6.07, 6.45) is 0.811. The minimum Gasteiger partial charge on any atom is -0.481 e. The summed E-state index contributed by atoms with van der Waals surface area (Å²) in [5.41, 5.74) is 4.10. The van der Waals surface area contributed by atoms with Crippen LogP contribution in [0.15, 0.2) is 29.8 Å². The van der Waals surface area contributed by atoms with Gasteiger partial charge in [-0.15, -0.1) is 11.3 Å². The minimum absolute atomic E-state index is 0.00768. The smallest absolute Gasteiger partial charge is 0.303 e. The second kappa shape index (κ2) is 14.2. The number of carbonyl (C=O) groups excluding carboxylic acids is 3. The Bertz CT molecular complexity index is 1330. The summed E-state index contributed by atoms with van der Waals surface area (Å²) >= 11 is 1.58. The fourth-order valence-corrected chi connectivity index (χ4v) is 6.83. The molecule has 2 aromatic rings. The van der Waals surface area contributed by atoms with Crippen molar-refractivity contribution in [2.45, 2.75) is 84.5 Å². The maximum absolute atomic E-state index is 13.9. The van der Waals surface area contributed by atoms with Crippen molar-refractivity contribution in [1.82, 2.24) is 25.4 Å².